The number of carbonyl (C=O) groups is 4. The Bertz CT molecular complexity index is 813. The minimum atomic E-state index is -1.10. The molecule has 0 aromatic heterocycles. The molecule has 1 unspecified atom stereocenters. The van der Waals surface area contributed by atoms with E-state index in [0.29, 0.717) is 0 Å². The number of hydrogen-bond donors (Lipinski definition) is 0. The molecular formula is C21H26N2O5. The zero-order chi connectivity index (χ0) is 20.4. The Hall–Kier alpha value is -2.70. The molecule has 7 nitrogen and oxygen atoms in total. The van der Waals surface area contributed by atoms with Gasteiger partial charge >= 0.3 is 5.97 Å². The Kier molecular flexibility index (Phi) is 5.82. The number of likely N-dealkylation sites (N-methyl/N-ethyl adjacent to an activating group) is 1. The number of hydrogen-bond acceptors (Lipinski definition) is 5. The number of imide groups is 1. The quantitative estimate of drug-likeness (QED) is 0.573. The maximum Gasteiger partial charge on any atom is 0.329 e. The molecule has 1 heterocycles. The van der Waals surface area contributed by atoms with Crippen LogP contribution in [-0.2, 0) is 14.3 Å². The van der Waals surface area contributed by atoms with Gasteiger partial charge in [0.25, 0.3) is 17.7 Å². The maximum absolute atomic E-state index is 12.6. The molecule has 0 N–H and O–H groups in total. The molecule has 1 aromatic carbocycles. The van der Waals surface area contributed by atoms with Crippen LogP contribution in [0, 0.1) is 6.92 Å². The molecule has 0 spiro atoms. The van der Waals surface area contributed by atoms with Crippen molar-refractivity contribution in [1.29, 1.82) is 0 Å². The van der Waals surface area contributed by atoms with Gasteiger partial charge in [-0.05, 0) is 38.8 Å². The van der Waals surface area contributed by atoms with E-state index >= 15 is 0 Å². The van der Waals surface area contributed by atoms with Crippen molar-refractivity contribution in [2.75, 3.05) is 13.7 Å². The second-order valence-corrected chi connectivity index (χ2v) is 7.61. The molecule has 1 aliphatic heterocycles. The van der Waals surface area contributed by atoms with E-state index in [1.807, 2.05) is 6.92 Å². The van der Waals surface area contributed by atoms with Gasteiger partial charge in [-0.1, -0.05) is 30.9 Å². The van der Waals surface area contributed by atoms with Crippen molar-refractivity contribution in [3.8, 4) is 0 Å². The predicted molar refractivity (Wildman–Crippen MR) is 102 cm³/mol. The number of esters is 1. The standard InChI is InChI=1S/C21H26N2O5/c1-13-9-10-16-17(11-13)20(26)23(19(16)25)14(2)21(27)28-12-18(24)22(3)15-7-5-4-6-8-15/h9-11,14-15H,4-8,12H2,1-3H3. The molecule has 3 rings (SSSR count). The summed E-state index contributed by atoms with van der Waals surface area (Å²) in [5.41, 5.74) is 1.43. The fourth-order valence-electron chi connectivity index (χ4n) is 3.86. The van der Waals surface area contributed by atoms with Gasteiger partial charge in [0.15, 0.2) is 6.61 Å². The van der Waals surface area contributed by atoms with Gasteiger partial charge in [-0.3, -0.25) is 19.3 Å². The molecular weight excluding hydrogens is 360 g/mol. The van der Waals surface area contributed by atoms with Gasteiger partial charge in [0.05, 0.1) is 11.1 Å². The molecule has 0 saturated heterocycles. The largest absolute Gasteiger partial charge is 0.454 e. The first-order valence-corrected chi connectivity index (χ1v) is 9.72. The van der Waals surface area contributed by atoms with Crippen molar-refractivity contribution >= 4 is 23.7 Å². The molecule has 0 radical (unpaired) electrons. The third-order valence-corrected chi connectivity index (χ3v) is 5.66. The van der Waals surface area contributed by atoms with E-state index in [0.717, 1.165) is 36.1 Å². The molecule has 3 amide bonds. The summed E-state index contributed by atoms with van der Waals surface area (Å²) in [6, 6.07) is 4.05. The van der Waals surface area contributed by atoms with Crippen molar-refractivity contribution in [2.24, 2.45) is 0 Å². The molecule has 1 atom stereocenters. The number of carbonyl (C=O) groups excluding carboxylic acids is 4. The summed E-state index contributed by atoms with van der Waals surface area (Å²) >= 11 is 0. The highest BCUT2D eigenvalue weighted by Crippen LogP contribution is 2.26. The number of benzene rings is 1. The Balaban J connectivity index is 1.59. The third-order valence-electron chi connectivity index (χ3n) is 5.66. The summed E-state index contributed by atoms with van der Waals surface area (Å²) in [6.45, 7) is 2.87. The van der Waals surface area contributed by atoms with Gasteiger partial charge in [0, 0.05) is 13.1 Å². The van der Waals surface area contributed by atoms with Crippen LogP contribution >= 0.6 is 0 Å². The van der Waals surface area contributed by atoms with Crippen LogP contribution in [-0.4, -0.2) is 59.2 Å². The fourth-order valence-corrected chi connectivity index (χ4v) is 3.86. The summed E-state index contributed by atoms with van der Waals surface area (Å²) in [6.07, 6.45) is 5.30. The van der Waals surface area contributed by atoms with Crippen molar-refractivity contribution in [3.63, 3.8) is 0 Å². The molecule has 7 heteroatoms. The molecule has 28 heavy (non-hydrogen) atoms. The summed E-state index contributed by atoms with van der Waals surface area (Å²) in [4.78, 5) is 52.4. The Morgan fingerprint density at radius 1 is 1.14 bits per heavy atom. The van der Waals surface area contributed by atoms with Crippen LogP contribution in [0.4, 0.5) is 0 Å². The SMILES string of the molecule is Cc1ccc2c(c1)C(=O)N(C(C)C(=O)OCC(=O)N(C)C1CCCCC1)C2=O. The minimum absolute atomic E-state index is 0.178. The monoisotopic (exact) mass is 386 g/mol. The average Bonchev–Trinajstić information content (AvgIpc) is 2.95. The number of ether oxygens (including phenoxy) is 1. The van der Waals surface area contributed by atoms with Gasteiger partial charge < -0.3 is 9.64 Å². The average molecular weight is 386 g/mol. The number of aryl methyl sites for hydroxylation is 1. The van der Waals surface area contributed by atoms with Crippen molar-refractivity contribution < 1.29 is 23.9 Å². The first-order valence-electron chi connectivity index (χ1n) is 9.72. The molecule has 1 fully saturated rings. The molecule has 2 aliphatic rings. The third kappa shape index (κ3) is 3.79. The van der Waals surface area contributed by atoms with Crippen LogP contribution in [0.1, 0.15) is 65.3 Å². The highest BCUT2D eigenvalue weighted by atomic mass is 16.5. The number of fused-ring (bicyclic) bond motifs is 1. The van der Waals surface area contributed by atoms with Crippen molar-refractivity contribution in [2.45, 2.75) is 58.0 Å². The molecule has 1 aromatic rings. The first kappa shape index (κ1) is 20.0. The molecule has 0 bridgehead atoms. The van der Waals surface area contributed by atoms with E-state index < -0.39 is 30.4 Å². The van der Waals surface area contributed by atoms with Crippen LogP contribution in [0.15, 0.2) is 18.2 Å². The van der Waals surface area contributed by atoms with Gasteiger partial charge in [0.1, 0.15) is 6.04 Å². The van der Waals surface area contributed by atoms with Crippen molar-refractivity contribution in [3.05, 3.63) is 34.9 Å². The van der Waals surface area contributed by atoms with Gasteiger partial charge in [0.2, 0.25) is 0 Å². The van der Waals surface area contributed by atoms with Gasteiger partial charge in [-0.2, -0.15) is 0 Å². The summed E-state index contributed by atoms with van der Waals surface area (Å²) < 4.78 is 5.13. The van der Waals surface area contributed by atoms with E-state index in [-0.39, 0.29) is 23.1 Å². The summed E-state index contributed by atoms with van der Waals surface area (Å²) in [5, 5.41) is 0. The summed E-state index contributed by atoms with van der Waals surface area (Å²) in [7, 11) is 1.72. The van der Waals surface area contributed by atoms with Crippen LogP contribution < -0.4 is 0 Å². The molecule has 1 aliphatic carbocycles. The Morgan fingerprint density at radius 2 is 1.79 bits per heavy atom. The number of rotatable bonds is 5. The smallest absolute Gasteiger partial charge is 0.329 e. The second-order valence-electron chi connectivity index (χ2n) is 7.61. The zero-order valence-corrected chi connectivity index (χ0v) is 16.6. The molecule has 1 saturated carbocycles. The minimum Gasteiger partial charge on any atom is -0.454 e. The highest BCUT2D eigenvalue weighted by molar-refractivity contribution is 6.22. The first-order chi connectivity index (χ1) is 13.3. The lowest BCUT2D eigenvalue weighted by atomic mass is 9.94. The topological polar surface area (TPSA) is 84.0 Å². The highest BCUT2D eigenvalue weighted by Gasteiger charge is 2.41. The lowest BCUT2D eigenvalue weighted by molar-refractivity contribution is -0.155. The van der Waals surface area contributed by atoms with Crippen molar-refractivity contribution in [1.82, 2.24) is 9.80 Å². The van der Waals surface area contributed by atoms with Crippen LogP contribution in [0.2, 0.25) is 0 Å². The normalized spacial score (nSPS) is 18.0. The van der Waals surface area contributed by atoms with Gasteiger partial charge in [-0.25, -0.2) is 4.79 Å². The number of nitrogens with zero attached hydrogens (tertiary/aromatic N) is 2. The fraction of sp³-hybridized carbons (Fsp3) is 0.524. The van der Waals surface area contributed by atoms with Crippen LogP contribution in [0.3, 0.4) is 0 Å². The van der Waals surface area contributed by atoms with E-state index in [1.54, 1.807) is 30.1 Å². The molecule has 150 valence electrons. The lowest BCUT2D eigenvalue weighted by Crippen LogP contribution is -2.45. The zero-order valence-electron chi connectivity index (χ0n) is 16.6. The van der Waals surface area contributed by atoms with E-state index in [4.69, 9.17) is 4.74 Å². The van der Waals surface area contributed by atoms with Gasteiger partial charge in [-0.15, -0.1) is 0 Å². The summed E-state index contributed by atoms with van der Waals surface area (Å²) in [5.74, 6) is -2.07. The maximum atomic E-state index is 12.6. The van der Waals surface area contributed by atoms with Crippen LogP contribution in [0.25, 0.3) is 0 Å². The lowest BCUT2D eigenvalue weighted by Gasteiger charge is -2.31. The van der Waals surface area contributed by atoms with E-state index in [1.165, 1.54) is 13.3 Å². The second kappa shape index (κ2) is 8.12. The van der Waals surface area contributed by atoms with E-state index in [2.05, 4.69) is 0 Å². The Labute approximate surface area is 164 Å². The van der Waals surface area contributed by atoms with Crippen LogP contribution in [0.5, 0.6) is 0 Å². The van der Waals surface area contributed by atoms with E-state index in [9.17, 15) is 19.2 Å². The Morgan fingerprint density at radius 3 is 2.46 bits per heavy atom. The predicted octanol–water partition coefficient (Wildman–Crippen LogP) is 2.31. The number of amides is 3.